The summed E-state index contributed by atoms with van der Waals surface area (Å²) in [7, 11) is 0. The van der Waals surface area contributed by atoms with Crippen LogP contribution < -0.4 is 4.90 Å². The largest absolute Gasteiger partial charge is 0.332 e. The zero-order valence-electron chi connectivity index (χ0n) is 9.98. The maximum Gasteiger partial charge on any atom is 0.332 e. The van der Waals surface area contributed by atoms with E-state index < -0.39 is 0 Å². The number of anilines is 1. The lowest BCUT2D eigenvalue weighted by atomic mass is 10.3. The van der Waals surface area contributed by atoms with Crippen LogP contribution in [0.1, 0.15) is 13.8 Å². The lowest BCUT2D eigenvalue weighted by Crippen LogP contribution is -2.36. The molecule has 3 amide bonds. The molecule has 96 valence electrons. The minimum absolute atomic E-state index is 0.0192. The van der Waals surface area contributed by atoms with Crippen molar-refractivity contribution in [2.75, 3.05) is 11.4 Å². The number of urea groups is 1. The van der Waals surface area contributed by atoms with Gasteiger partial charge in [0.2, 0.25) is 0 Å². The molecule has 1 aromatic rings. The van der Waals surface area contributed by atoms with E-state index in [1.165, 1.54) is 11.0 Å². The van der Waals surface area contributed by atoms with Crippen molar-refractivity contribution in [1.29, 1.82) is 0 Å². The summed E-state index contributed by atoms with van der Waals surface area (Å²) in [5, 5.41) is 0.706. The molecule has 0 unspecified atom stereocenters. The molecule has 0 N–H and O–H groups in total. The fraction of sp³-hybridized carbons (Fsp3) is 0.333. The molecule has 18 heavy (non-hydrogen) atoms. The van der Waals surface area contributed by atoms with Crippen LogP contribution in [-0.2, 0) is 4.79 Å². The number of carbonyl (C=O) groups is 2. The second-order valence-electron chi connectivity index (χ2n) is 4.33. The highest BCUT2D eigenvalue weighted by Crippen LogP contribution is 2.29. The summed E-state index contributed by atoms with van der Waals surface area (Å²) in [5.74, 6) is -0.257. The molecule has 0 bridgehead atoms. The molecule has 6 heteroatoms. The number of imide groups is 1. The molecule has 4 nitrogen and oxygen atoms in total. The molecule has 1 aromatic carbocycles. The Balaban J connectivity index is 2.36. The molecule has 1 heterocycles. The summed E-state index contributed by atoms with van der Waals surface area (Å²) in [6.07, 6.45) is 0. The first-order valence-corrected chi connectivity index (χ1v) is 6.26. The van der Waals surface area contributed by atoms with Crippen molar-refractivity contribution in [3.63, 3.8) is 0 Å². The zero-order chi connectivity index (χ0) is 13.4. The second kappa shape index (κ2) is 4.78. The van der Waals surface area contributed by atoms with E-state index >= 15 is 0 Å². The molecule has 0 spiro atoms. The normalized spacial score (nSPS) is 16.1. The molecule has 0 aliphatic carbocycles. The maximum absolute atomic E-state index is 12.1. The zero-order valence-corrected chi connectivity index (χ0v) is 11.5. The third kappa shape index (κ3) is 2.18. The summed E-state index contributed by atoms with van der Waals surface area (Å²) >= 11 is 11.7. The quantitative estimate of drug-likeness (QED) is 0.784. The van der Waals surface area contributed by atoms with Gasteiger partial charge >= 0.3 is 6.03 Å². The average molecular weight is 287 g/mol. The van der Waals surface area contributed by atoms with E-state index in [9.17, 15) is 9.59 Å². The Morgan fingerprint density at radius 1 is 1.17 bits per heavy atom. The Morgan fingerprint density at radius 2 is 1.83 bits per heavy atom. The highest BCUT2D eigenvalue weighted by molar-refractivity contribution is 6.42. The predicted molar refractivity (Wildman–Crippen MR) is 71.2 cm³/mol. The maximum atomic E-state index is 12.1. The summed E-state index contributed by atoms with van der Waals surface area (Å²) in [6, 6.07) is 4.34. The van der Waals surface area contributed by atoms with Crippen molar-refractivity contribution in [3.8, 4) is 0 Å². The van der Waals surface area contributed by atoms with Crippen molar-refractivity contribution >= 4 is 40.8 Å². The second-order valence-corrected chi connectivity index (χ2v) is 5.15. The summed E-state index contributed by atoms with van der Waals surface area (Å²) < 4.78 is 0. The van der Waals surface area contributed by atoms with Crippen molar-refractivity contribution < 1.29 is 9.59 Å². The van der Waals surface area contributed by atoms with Gasteiger partial charge in [0.15, 0.2) is 0 Å². The topological polar surface area (TPSA) is 40.6 Å². The first-order valence-electron chi connectivity index (χ1n) is 5.50. The molecule has 2 rings (SSSR count). The van der Waals surface area contributed by atoms with Gasteiger partial charge in [0, 0.05) is 6.04 Å². The molecule has 1 saturated heterocycles. The Labute approximate surface area is 115 Å². The molecule has 0 saturated carbocycles. The average Bonchev–Trinajstić information content (AvgIpc) is 2.59. The van der Waals surface area contributed by atoms with Gasteiger partial charge in [-0.2, -0.15) is 0 Å². The van der Waals surface area contributed by atoms with E-state index in [1.807, 2.05) is 13.8 Å². The van der Waals surface area contributed by atoms with Crippen molar-refractivity contribution in [3.05, 3.63) is 28.2 Å². The smallest absolute Gasteiger partial charge is 0.312 e. The van der Waals surface area contributed by atoms with E-state index in [2.05, 4.69) is 0 Å². The van der Waals surface area contributed by atoms with Gasteiger partial charge in [0.1, 0.15) is 6.54 Å². The first-order chi connectivity index (χ1) is 8.41. The fourth-order valence-electron chi connectivity index (χ4n) is 1.80. The molecule has 1 fully saturated rings. The van der Waals surface area contributed by atoms with Crippen LogP contribution in [-0.4, -0.2) is 29.4 Å². The number of rotatable bonds is 2. The van der Waals surface area contributed by atoms with E-state index in [0.717, 1.165) is 4.90 Å². The van der Waals surface area contributed by atoms with Gasteiger partial charge in [-0.05, 0) is 32.0 Å². The monoisotopic (exact) mass is 286 g/mol. The van der Waals surface area contributed by atoms with Crippen molar-refractivity contribution in [1.82, 2.24) is 4.90 Å². The van der Waals surface area contributed by atoms with Gasteiger partial charge in [-0.3, -0.25) is 4.79 Å². The molecule has 0 atom stereocenters. The van der Waals surface area contributed by atoms with Gasteiger partial charge in [0.05, 0.1) is 15.7 Å². The number of nitrogens with zero attached hydrogens (tertiary/aromatic N) is 2. The third-order valence-corrected chi connectivity index (χ3v) is 3.52. The molecule has 0 aromatic heterocycles. The Kier molecular flexibility index (Phi) is 3.50. The van der Waals surface area contributed by atoms with Crippen LogP contribution in [0.25, 0.3) is 0 Å². The Morgan fingerprint density at radius 3 is 2.33 bits per heavy atom. The van der Waals surface area contributed by atoms with E-state index in [1.54, 1.807) is 12.1 Å². The number of benzene rings is 1. The van der Waals surface area contributed by atoms with Crippen molar-refractivity contribution in [2.24, 2.45) is 0 Å². The molecule has 0 radical (unpaired) electrons. The van der Waals surface area contributed by atoms with E-state index in [0.29, 0.717) is 15.7 Å². The SMILES string of the molecule is CC(C)N1CC(=O)N(c2ccc(Cl)c(Cl)c2)C1=O. The van der Waals surface area contributed by atoms with Crippen LogP contribution in [0.15, 0.2) is 18.2 Å². The highest BCUT2D eigenvalue weighted by atomic mass is 35.5. The van der Waals surface area contributed by atoms with Crippen LogP contribution in [0.2, 0.25) is 10.0 Å². The molecular formula is C12H12Cl2N2O2. The summed E-state index contributed by atoms with van der Waals surface area (Å²) in [6.45, 7) is 3.82. The number of halogens is 2. The number of hydrogen-bond donors (Lipinski definition) is 0. The Hall–Kier alpha value is -1.26. The number of amides is 3. The minimum Gasteiger partial charge on any atom is -0.312 e. The highest BCUT2D eigenvalue weighted by Gasteiger charge is 2.38. The van der Waals surface area contributed by atoms with E-state index in [-0.39, 0.29) is 24.5 Å². The predicted octanol–water partition coefficient (Wildman–Crippen LogP) is 3.17. The van der Waals surface area contributed by atoms with Crippen LogP contribution in [0.5, 0.6) is 0 Å². The fourth-order valence-corrected chi connectivity index (χ4v) is 2.09. The number of carbonyl (C=O) groups excluding carboxylic acids is 2. The molecule has 1 aliphatic rings. The number of hydrogen-bond acceptors (Lipinski definition) is 2. The third-order valence-electron chi connectivity index (χ3n) is 2.78. The van der Waals surface area contributed by atoms with E-state index in [4.69, 9.17) is 23.2 Å². The summed E-state index contributed by atoms with van der Waals surface area (Å²) in [4.78, 5) is 26.6. The Bertz CT molecular complexity index is 517. The lowest BCUT2D eigenvalue weighted by Gasteiger charge is -2.20. The molecular weight excluding hydrogens is 275 g/mol. The van der Waals surface area contributed by atoms with Crippen LogP contribution in [0.4, 0.5) is 10.5 Å². The standard InChI is InChI=1S/C12H12Cl2N2O2/c1-7(2)15-6-11(17)16(12(15)18)8-3-4-9(13)10(14)5-8/h3-5,7H,6H2,1-2H3. The van der Waals surface area contributed by atoms with Crippen molar-refractivity contribution in [2.45, 2.75) is 19.9 Å². The van der Waals surface area contributed by atoms with Gasteiger partial charge in [-0.1, -0.05) is 23.2 Å². The van der Waals surface area contributed by atoms with Gasteiger partial charge in [-0.25, -0.2) is 9.69 Å². The van der Waals surface area contributed by atoms with Gasteiger partial charge in [0.25, 0.3) is 5.91 Å². The first kappa shape index (κ1) is 13.2. The lowest BCUT2D eigenvalue weighted by molar-refractivity contribution is -0.116. The van der Waals surface area contributed by atoms with Gasteiger partial charge in [-0.15, -0.1) is 0 Å². The van der Waals surface area contributed by atoms with Crippen LogP contribution >= 0.6 is 23.2 Å². The summed E-state index contributed by atoms with van der Waals surface area (Å²) in [5.41, 5.74) is 0.447. The van der Waals surface area contributed by atoms with Crippen LogP contribution in [0, 0.1) is 0 Å². The minimum atomic E-state index is -0.326. The van der Waals surface area contributed by atoms with Gasteiger partial charge < -0.3 is 4.90 Å². The van der Waals surface area contributed by atoms with Crippen LogP contribution in [0.3, 0.4) is 0 Å². The molecule has 1 aliphatic heterocycles.